The van der Waals surface area contributed by atoms with E-state index in [4.69, 9.17) is 4.98 Å². The standard InChI is InChI=1S/C21H20BrN3O2S/c1-12-17-19(23-16-6-3-9-24(16)20(17)26)28-18(12)21(27)25(15-7-8-15)11-13-4-2-5-14(22)10-13/h2,4-5,10,15H,3,6-9,11H2,1H3. The minimum Gasteiger partial charge on any atom is -0.331 e. The third kappa shape index (κ3) is 3.01. The first-order valence-corrected chi connectivity index (χ1v) is 11.2. The van der Waals surface area contributed by atoms with E-state index >= 15 is 0 Å². The number of carbonyl (C=O) groups is 1. The van der Waals surface area contributed by atoms with Gasteiger partial charge in [0.05, 0.1) is 10.3 Å². The summed E-state index contributed by atoms with van der Waals surface area (Å²) < 4.78 is 2.79. The quantitative estimate of drug-likeness (QED) is 0.587. The highest BCUT2D eigenvalue weighted by Gasteiger charge is 2.35. The van der Waals surface area contributed by atoms with Crippen molar-refractivity contribution in [2.24, 2.45) is 0 Å². The highest BCUT2D eigenvalue weighted by Crippen LogP contribution is 2.34. The van der Waals surface area contributed by atoms with Crippen LogP contribution in [0.3, 0.4) is 0 Å². The molecule has 3 aromatic rings. The molecule has 1 saturated carbocycles. The second kappa shape index (κ2) is 6.81. The molecule has 0 radical (unpaired) electrons. The number of benzene rings is 1. The SMILES string of the molecule is Cc1c(C(=O)N(Cc2cccc(Br)c2)C2CC2)sc2nc3n(c(=O)c12)CCC3. The number of aromatic nitrogens is 2. The summed E-state index contributed by atoms with van der Waals surface area (Å²) in [5.74, 6) is 0.874. The van der Waals surface area contributed by atoms with Crippen LogP contribution < -0.4 is 5.56 Å². The van der Waals surface area contributed by atoms with E-state index in [2.05, 4.69) is 22.0 Å². The van der Waals surface area contributed by atoms with Crippen molar-refractivity contribution in [1.29, 1.82) is 0 Å². The van der Waals surface area contributed by atoms with Crippen LogP contribution in [-0.4, -0.2) is 26.4 Å². The average Bonchev–Trinajstić information content (AvgIpc) is 3.30. The average molecular weight is 458 g/mol. The Bertz CT molecular complexity index is 1160. The van der Waals surface area contributed by atoms with Crippen molar-refractivity contribution >= 4 is 43.4 Å². The molecule has 2 aromatic heterocycles. The summed E-state index contributed by atoms with van der Waals surface area (Å²) in [5.41, 5.74) is 1.89. The van der Waals surface area contributed by atoms with Gasteiger partial charge in [0.15, 0.2) is 0 Å². The van der Waals surface area contributed by atoms with Crippen LogP contribution in [0.5, 0.6) is 0 Å². The Balaban J connectivity index is 1.55. The second-order valence-electron chi connectivity index (χ2n) is 7.62. The number of rotatable bonds is 4. The Kier molecular flexibility index (Phi) is 4.39. The number of nitrogens with zero attached hydrogens (tertiary/aromatic N) is 3. The summed E-state index contributed by atoms with van der Waals surface area (Å²) in [4.78, 5) is 34.4. The lowest BCUT2D eigenvalue weighted by molar-refractivity contribution is 0.0734. The topological polar surface area (TPSA) is 55.2 Å². The van der Waals surface area contributed by atoms with Crippen LogP contribution in [0.25, 0.3) is 10.2 Å². The molecule has 0 saturated heterocycles. The molecule has 0 spiro atoms. The summed E-state index contributed by atoms with van der Waals surface area (Å²) in [5, 5.41) is 0.622. The van der Waals surface area contributed by atoms with Gasteiger partial charge in [0.25, 0.3) is 11.5 Å². The van der Waals surface area contributed by atoms with Gasteiger partial charge < -0.3 is 4.90 Å². The van der Waals surface area contributed by atoms with Gasteiger partial charge in [-0.05, 0) is 49.4 Å². The van der Waals surface area contributed by atoms with Crippen LogP contribution >= 0.6 is 27.3 Å². The minimum absolute atomic E-state index is 0.00950. The van der Waals surface area contributed by atoms with Crippen molar-refractivity contribution in [1.82, 2.24) is 14.5 Å². The molecule has 1 aliphatic carbocycles. The zero-order valence-corrected chi connectivity index (χ0v) is 18.0. The molecule has 2 aliphatic rings. The molecule has 1 aromatic carbocycles. The monoisotopic (exact) mass is 457 g/mol. The van der Waals surface area contributed by atoms with Crippen LogP contribution in [0.4, 0.5) is 0 Å². The Morgan fingerprint density at radius 3 is 2.96 bits per heavy atom. The van der Waals surface area contributed by atoms with Crippen molar-refractivity contribution in [2.75, 3.05) is 0 Å². The smallest absolute Gasteiger partial charge is 0.264 e. The molecule has 3 heterocycles. The molecule has 1 fully saturated rings. The number of amides is 1. The summed E-state index contributed by atoms with van der Waals surface area (Å²) in [6.45, 7) is 3.20. The predicted octanol–water partition coefficient (Wildman–Crippen LogP) is 4.28. The van der Waals surface area contributed by atoms with Crippen LogP contribution in [0, 0.1) is 6.92 Å². The second-order valence-corrected chi connectivity index (χ2v) is 9.53. The first kappa shape index (κ1) is 18.1. The molecule has 0 bridgehead atoms. The third-order valence-electron chi connectivity index (χ3n) is 5.60. The summed E-state index contributed by atoms with van der Waals surface area (Å²) in [6, 6.07) is 8.37. The zero-order chi connectivity index (χ0) is 19.4. The molecule has 1 amide bonds. The Labute approximate surface area is 175 Å². The van der Waals surface area contributed by atoms with Crippen molar-refractivity contribution in [3.8, 4) is 0 Å². The van der Waals surface area contributed by atoms with E-state index in [1.165, 1.54) is 11.3 Å². The van der Waals surface area contributed by atoms with Gasteiger partial charge in [-0.1, -0.05) is 28.1 Å². The molecule has 144 valence electrons. The molecule has 7 heteroatoms. The Morgan fingerprint density at radius 1 is 1.39 bits per heavy atom. The highest BCUT2D eigenvalue weighted by atomic mass is 79.9. The van der Waals surface area contributed by atoms with Crippen LogP contribution in [0.2, 0.25) is 0 Å². The molecule has 28 heavy (non-hydrogen) atoms. The van der Waals surface area contributed by atoms with Gasteiger partial charge in [0.2, 0.25) is 0 Å². The summed E-state index contributed by atoms with van der Waals surface area (Å²) >= 11 is 4.88. The zero-order valence-electron chi connectivity index (χ0n) is 15.6. The van der Waals surface area contributed by atoms with Gasteiger partial charge in [-0.2, -0.15) is 0 Å². The maximum absolute atomic E-state index is 13.5. The van der Waals surface area contributed by atoms with Crippen molar-refractivity contribution in [3.63, 3.8) is 0 Å². The number of carbonyl (C=O) groups excluding carboxylic acids is 1. The molecular weight excluding hydrogens is 438 g/mol. The predicted molar refractivity (Wildman–Crippen MR) is 114 cm³/mol. The number of hydrogen-bond donors (Lipinski definition) is 0. The number of aryl methyl sites for hydroxylation is 2. The lowest BCUT2D eigenvalue weighted by Gasteiger charge is -2.22. The molecule has 5 rings (SSSR count). The van der Waals surface area contributed by atoms with Crippen LogP contribution in [-0.2, 0) is 19.5 Å². The molecule has 0 unspecified atom stereocenters. The number of fused-ring (bicyclic) bond motifs is 2. The number of thiophene rings is 1. The molecule has 5 nitrogen and oxygen atoms in total. The fourth-order valence-corrected chi connectivity index (χ4v) is 5.59. The van der Waals surface area contributed by atoms with Gasteiger partial charge in [-0.25, -0.2) is 4.98 Å². The lowest BCUT2D eigenvalue weighted by Crippen LogP contribution is -2.32. The lowest BCUT2D eigenvalue weighted by atomic mass is 10.1. The van der Waals surface area contributed by atoms with E-state index < -0.39 is 0 Å². The van der Waals surface area contributed by atoms with E-state index in [0.29, 0.717) is 21.6 Å². The van der Waals surface area contributed by atoms with E-state index in [-0.39, 0.29) is 17.5 Å². The minimum atomic E-state index is 0.00950. The normalized spacial score (nSPS) is 15.8. The molecule has 1 aliphatic heterocycles. The van der Waals surface area contributed by atoms with Crippen LogP contribution in [0.15, 0.2) is 33.5 Å². The number of hydrogen-bond acceptors (Lipinski definition) is 4. The van der Waals surface area contributed by atoms with Crippen molar-refractivity contribution in [3.05, 3.63) is 60.9 Å². The van der Waals surface area contributed by atoms with Crippen LogP contribution in [0.1, 0.15) is 45.9 Å². The van der Waals surface area contributed by atoms with E-state index in [1.807, 2.05) is 30.0 Å². The third-order valence-corrected chi connectivity index (χ3v) is 7.26. The Morgan fingerprint density at radius 2 is 2.21 bits per heavy atom. The molecule has 0 N–H and O–H groups in total. The fourth-order valence-electron chi connectivity index (χ4n) is 3.99. The van der Waals surface area contributed by atoms with E-state index in [9.17, 15) is 9.59 Å². The van der Waals surface area contributed by atoms with E-state index in [0.717, 1.165) is 53.7 Å². The molecule has 0 atom stereocenters. The number of halogens is 1. The van der Waals surface area contributed by atoms with Gasteiger partial charge in [0, 0.05) is 30.0 Å². The van der Waals surface area contributed by atoms with E-state index in [1.54, 1.807) is 4.57 Å². The Hall–Kier alpha value is -1.99. The summed E-state index contributed by atoms with van der Waals surface area (Å²) in [7, 11) is 0. The first-order valence-electron chi connectivity index (χ1n) is 9.61. The largest absolute Gasteiger partial charge is 0.331 e. The van der Waals surface area contributed by atoms with Gasteiger partial charge in [-0.3, -0.25) is 14.2 Å². The maximum Gasteiger partial charge on any atom is 0.264 e. The summed E-state index contributed by atoms with van der Waals surface area (Å²) in [6.07, 6.45) is 3.88. The van der Waals surface area contributed by atoms with Gasteiger partial charge in [0.1, 0.15) is 10.7 Å². The first-order chi connectivity index (χ1) is 13.5. The molecular formula is C21H20BrN3O2S. The fraction of sp³-hybridized carbons (Fsp3) is 0.381. The van der Waals surface area contributed by atoms with Crippen molar-refractivity contribution in [2.45, 2.75) is 51.7 Å². The highest BCUT2D eigenvalue weighted by molar-refractivity contribution is 9.10. The maximum atomic E-state index is 13.5. The van der Waals surface area contributed by atoms with Crippen molar-refractivity contribution < 1.29 is 4.79 Å². The van der Waals surface area contributed by atoms with Gasteiger partial charge in [-0.15, -0.1) is 11.3 Å². The van der Waals surface area contributed by atoms with Gasteiger partial charge >= 0.3 is 0 Å².